The molecule has 0 saturated carbocycles. The number of aromatic nitrogens is 1. The molecular formula is C34H35ClN4O2. The largest absolute Gasteiger partial charge is 0.366 e. The molecule has 1 amide bonds. The van der Waals surface area contributed by atoms with E-state index < -0.39 is 0 Å². The van der Waals surface area contributed by atoms with E-state index in [-0.39, 0.29) is 17.4 Å². The minimum atomic E-state index is -0.135. The third-order valence-electron chi connectivity index (χ3n) is 8.26. The predicted octanol–water partition coefficient (Wildman–Crippen LogP) is 5.92. The lowest BCUT2D eigenvalue weighted by atomic mass is 9.93. The van der Waals surface area contributed by atoms with Crippen molar-refractivity contribution in [1.82, 2.24) is 14.8 Å². The van der Waals surface area contributed by atoms with Crippen molar-refractivity contribution in [3.8, 4) is 11.1 Å². The highest BCUT2D eigenvalue weighted by molar-refractivity contribution is 6.31. The Morgan fingerprint density at radius 1 is 0.927 bits per heavy atom. The fourth-order valence-corrected chi connectivity index (χ4v) is 6.32. The number of benzene rings is 3. The second-order valence-corrected chi connectivity index (χ2v) is 11.4. The number of H-pyrrole nitrogens is 1. The number of piperidine rings is 1. The van der Waals surface area contributed by atoms with Crippen LogP contribution in [0.1, 0.15) is 18.4 Å². The zero-order valence-corrected chi connectivity index (χ0v) is 23.9. The van der Waals surface area contributed by atoms with Crippen molar-refractivity contribution in [2.75, 3.05) is 50.7 Å². The summed E-state index contributed by atoms with van der Waals surface area (Å²) >= 11 is 6.41. The molecule has 0 unspecified atom stereocenters. The summed E-state index contributed by atoms with van der Waals surface area (Å²) in [6, 6.07) is 25.9. The van der Waals surface area contributed by atoms with Crippen molar-refractivity contribution in [3.63, 3.8) is 0 Å². The van der Waals surface area contributed by atoms with Gasteiger partial charge in [0.2, 0.25) is 5.91 Å². The van der Waals surface area contributed by atoms with Gasteiger partial charge in [-0.15, -0.1) is 0 Å². The van der Waals surface area contributed by atoms with Crippen LogP contribution in [0.25, 0.3) is 28.1 Å². The van der Waals surface area contributed by atoms with Crippen LogP contribution in [-0.4, -0.2) is 66.5 Å². The molecule has 210 valence electrons. The monoisotopic (exact) mass is 566 g/mol. The molecule has 4 aromatic rings. The van der Waals surface area contributed by atoms with Gasteiger partial charge in [-0.25, -0.2) is 0 Å². The summed E-state index contributed by atoms with van der Waals surface area (Å²) in [7, 11) is 0. The Balaban J connectivity index is 1.17. The number of piperazine rings is 1. The van der Waals surface area contributed by atoms with Gasteiger partial charge in [-0.05, 0) is 42.2 Å². The highest BCUT2D eigenvalue weighted by Crippen LogP contribution is 2.37. The number of rotatable bonds is 6. The van der Waals surface area contributed by atoms with Crippen molar-refractivity contribution < 1.29 is 4.79 Å². The van der Waals surface area contributed by atoms with Gasteiger partial charge >= 0.3 is 0 Å². The molecule has 2 aliphatic heterocycles. The van der Waals surface area contributed by atoms with Gasteiger partial charge in [0.15, 0.2) is 0 Å². The summed E-state index contributed by atoms with van der Waals surface area (Å²) in [5.74, 6) is 0.0714. The second-order valence-electron chi connectivity index (χ2n) is 11.0. The normalized spacial score (nSPS) is 18.3. The minimum Gasteiger partial charge on any atom is -0.366 e. The average Bonchev–Trinajstić information content (AvgIpc) is 3.01. The third kappa shape index (κ3) is 6.09. The van der Waals surface area contributed by atoms with Gasteiger partial charge in [0.25, 0.3) is 5.56 Å². The number of pyridine rings is 1. The summed E-state index contributed by atoms with van der Waals surface area (Å²) in [6.45, 7) is 5.35. The number of carbonyl (C=O) groups excluding carboxylic acids is 1. The highest BCUT2D eigenvalue weighted by atomic mass is 35.5. The van der Waals surface area contributed by atoms with Crippen LogP contribution in [0.4, 0.5) is 5.69 Å². The van der Waals surface area contributed by atoms with Crippen molar-refractivity contribution in [2.45, 2.75) is 12.8 Å². The number of carbonyl (C=O) groups is 1. The van der Waals surface area contributed by atoms with E-state index in [1.165, 1.54) is 5.56 Å². The molecule has 2 fully saturated rings. The van der Waals surface area contributed by atoms with Gasteiger partial charge in [0, 0.05) is 67.3 Å². The van der Waals surface area contributed by atoms with Crippen molar-refractivity contribution in [3.05, 3.63) is 106 Å². The highest BCUT2D eigenvalue weighted by Gasteiger charge is 2.33. The second kappa shape index (κ2) is 12.3. The van der Waals surface area contributed by atoms with Crippen LogP contribution in [0.2, 0.25) is 5.02 Å². The SMILES string of the molecule is O=C([C@H]1CCCN(c2c(-c3ccccc3)c3cc(Cl)ccc3[nH]c2=O)C1)N1CCN(C/C=C/c2ccccc2)CC1. The number of hydrogen-bond donors (Lipinski definition) is 1. The molecule has 3 aromatic carbocycles. The molecule has 0 aliphatic carbocycles. The van der Waals surface area contributed by atoms with E-state index in [1.54, 1.807) is 6.07 Å². The first-order chi connectivity index (χ1) is 20.1. The van der Waals surface area contributed by atoms with Gasteiger partial charge < -0.3 is 14.8 Å². The molecule has 0 bridgehead atoms. The summed E-state index contributed by atoms with van der Waals surface area (Å²) in [4.78, 5) is 36.9. The van der Waals surface area contributed by atoms with E-state index >= 15 is 0 Å². The molecule has 6 rings (SSSR count). The van der Waals surface area contributed by atoms with Crippen LogP contribution >= 0.6 is 11.6 Å². The predicted molar refractivity (Wildman–Crippen MR) is 168 cm³/mol. The van der Waals surface area contributed by atoms with E-state index in [2.05, 4.69) is 39.1 Å². The summed E-state index contributed by atoms with van der Waals surface area (Å²) in [6.07, 6.45) is 6.06. The lowest BCUT2D eigenvalue weighted by molar-refractivity contribution is -0.137. The quantitative estimate of drug-likeness (QED) is 0.315. The van der Waals surface area contributed by atoms with Gasteiger partial charge in [-0.1, -0.05) is 84.4 Å². The molecule has 0 spiro atoms. The van der Waals surface area contributed by atoms with Crippen molar-refractivity contribution in [2.24, 2.45) is 5.92 Å². The molecule has 41 heavy (non-hydrogen) atoms. The maximum absolute atomic E-state index is 13.7. The van der Waals surface area contributed by atoms with E-state index in [0.717, 1.165) is 74.1 Å². The summed E-state index contributed by atoms with van der Waals surface area (Å²) < 4.78 is 0. The average molecular weight is 567 g/mol. The first-order valence-corrected chi connectivity index (χ1v) is 14.8. The molecule has 0 radical (unpaired) electrons. The molecule has 1 N–H and O–H groups in total. The zero-order chi connectivity index (χ0) is 28.2. The Hall–Kier alpha value is -3.87. The van der Waals surface area contributed by atoms with E-state index in [9.17, 15) is 9.59 Å². The standard InChI is InChI=1S/C34H35ClN4O2/c35-28-15-16-30-29(23-28)31(26-12-5-2-6-13-26)32(33(40)36-30)39-18-8-14-27(24-39)34(41)38-21-19-37(20-22-38)17-7-11-25-9-3-1-4-10-25/h1-7,9-13,15-16,23,27H,8,14,17-22,24H2,(H,36,40)/b11-7+/t27-/m0/s1. The number of fused-ring (bicyclic) bond motifs is 1. The van der Waals surface area contributed by atoms with Crippen LogP contribution in [0.5, 0.6) is 0 Å². The number of amides is 1. The molecule has 1 aromatic heterocycles. The number of nitrogens with one attached hydrogen (secondary N) is 1. The topological polar surface area (TPSA) is 59.7 Å². The molecule has 2 saturated heterocycles. The molecular weight excluding hydrogens is 532 g/mol. The van der Waals surface area contributed by atoms with Crippen LogP contribution in [0.3, 0.4) is 0 Å². The Kier molecular flexibility index (Phi) is 8.21. The Labute approximate surface area is 245 Å². The molecule has 2 aliphatic rings. The first kappa shape index (κ1) is 27.3. The van der Waals surface area contributed by atoms with Gasteiger partial charge in [-0.2, -0.15) is 0 Å². The fourth-order valence-electron chi connectivity index (χ4n) is 6.15. The molecule has 3 heterocycles. The Bertz CT molecular complexity index is 1590. The zero-order valence-electron chi connectivity index (χ0n) is 23.1. The number of hydrogen-bond acceptors (Lipinski definition) is 4. The number of nitrogens with zero attached hydrogens (tertiary/aromatic N) is 3. The third-order valence-corrected chi connectivity index (χ3v) is 8.49. The molecule has 1 atom stereocenters. The van der Waals surface area contributed by atoms with Gasteiger partial charge in [0.1, 0.15) is 5.69 Å². The van der Waals surface area contributed by atoms with Crippen molar-refractivity contribution in [1.29, 1.82) is 0 Å². The van der Waals surface area contributed by atoms with Gasteiger partial charge in [0.05, 0.1) is 5.92 Å². The number of aromatic amines is 1. The van der Waals surface area contributed by atoms with E-state index in [1.807, 2.05) is 65.6 Å². The van der Waals surface area contributed by atoms with Crippen LogP contribution < -0.4 is 10.5 Å². The summed E-state index contributed by atoms with van der Waals surface area (Å²) in [5.41, 5.74) is 4.28. The maximum atomic E-state index is 13.7. The summed E-state index contributed by atoms with van der Waals surface area (Å²) in [5, 5.41) is 1.53. The maximum Gasteiger partial charge on any atom is 0.272 e. The van der Waals surface area contributed by atoms with Gasteiger partial charge in [-0.3, -0.25) is 14.5 Å². The minimum absolute atomic E-state index is 0.133. The smallest absolute Gasteiger partial charge is 0.272 e. The fraction of sp³-hybridized carbons (Fsp3) is 0.294. The Morgan fingerprint density at radius 2 is 1.66 bits per heavy atom. The van der Waals surface area contributed by atoms with E-state index in [0.29, 0.717) is 17.3 Å². The van der Waals surface area contributed by atoms with Crippen LogP contribution in [0.15, 0.2) is 89.7 Å². The molecule has 7 heteroatoms. The van der Waals surface area contributed by atoms with Crippen LogP contribution in [-0.2, 0) is 4.79 Å². The van der Waals surface area contributed by atoms with E-state index in [4.69, 9.17) is 11.6 Å². The first-order valence-electron chi connectivity index (χ1n) is 14.5. The van der Waals surface area contributed by atoms with Crippen molar-refractivity contribution >= 4 is 40.2 Å². The number of halogens is 1. The molecule has 6 nitrogen and oxygen atoms in total. The van der Waals surface area contributed by atoms with Crippen LogP contribution in [0, 0.1) is 5.92 Å². The number of anilines is 1. The Morgan fingerprint density at radius 3 is 2.41 bits per heavy atom. The lowest BCUT2D eigenvalue weighted by Crippen LogP contribution is -2.52. The lowest BCUT2D eigenvalue weighted by Gasteiger charge is -2.39.